The Hall–Kier alpha value is -1.58. The first kappa shape index (κ1) is 6.15. The molecular formula is C7H7N3O. The summed E-state index contributed by atoms with van der Waals surface area (Å²) in [4.78, 5) is 15.3. The molecule has 1 N–H and O–H groups in total. The fourth-order valence-electron chi connectivity index (χ4n) is 0.985. The Labute approximate surface area is 62.5 Å². The molecular weight excluding hydrogens is 142 g/mol. The van der Waals surface area contributed by atoms with E-state index in [1.165, 1.54) is 4.52 Å². The van der Waals surface area contributed by atoms with Gasteiger partial charge in [0, 0.05) is 24.0 Å². The van der Waals surface area contributed by atoms with E-state index in [2.05, 4.69) is 10.1 Å². The molecule has 0 aromatic carbocycles. The molecule has 0 atom stereocenters. The van der Waals surface area contributed by atoms with Crippen molar-refractivity contribution in [3.05, 3.63) is 34.4 Å². The van der Waals surface area contributed by atoms with Crippen LogP contribution in [0.2, 0.25) is 0 Å². The topological polar surface area (TPSA) is 50.2 Å². The fraction of sp³-hybridized carbons (Fsp3) is 0.143. The first-order valence-electron chi connectivity index (χ1n) is 3.31. The predicted octanol–water partition coefficient (Wildman–Crippen LogP) is 0.331. The van der Waals surface area contributed by atoms with Gasteiger partial charge in [0.15, 0.2) is 5.65 Å². The van der Waals surface area contributed by atoms with Gasteiger partial charge in [-0.3, -0.25) is 9.89 Å². The molecule has 4 heteroatoms. The molecule has 0 aliphatic heterocycles. The molecule has 2 heterocycles. The second-order valence-corrected chi connectivity index (χ2v) is 2.40. The Morgan fingerprint density at radius 1 is 1.64 bits per heavy atom. The normalized spacial score (nSPS) is 10.6. The zero-order valence-electron chi connectivity index (χ0n) is 6.03. The molecule has 0 aliphatic carbocycles. The number of fused-ring (bicyclic) bond motifs is 1. The number of hydrogen-bond donors (Lipinski definition) is 1. The van der Waals surface area contributed by atoms with Crippen LogP contribution in [0.25, 0.3) is 5.65 Å². The molecule has 0 unspecified atom stereocenters. The highest BCUT2D eigenvalue weighted by atomic mass is 16.1. The van der Waals surface area contributed by atoms with Crippen LogP contribution >= 0.6 is 0 Å². The van der Waals surface area contributed by atoms with Crippen molar-refractivity contribution >= 4 is 5.65 Å². The third kappa shape index (κ3) is 0.756. The summed E-state index contributed by atoms with van der Waals surface area (Å²) in [6, 6.07) is 1.75. The number of aromatic nitrogens is 3. The van der Waals surface area contributed by atoms with Gasteiger partial charge in [-0.25, -0.2) is 9.50 Å². The van der Waals surface area contributed by atoms with Crippen molar-refractivity contribution in [3.63, 3.8) is 0 Å². The van der Waals surface area contributed by atoms with Crippen LogP contribution in [0.5, 0.6) is 0 Å². The van der Waals surface area contributed by atoms with Crippen molar-refractivity contribution in [1.82, 2.24) is 14.6 Å². The maximum Gasteiger partial charge on any atom is 0.275 e. The molecule has 2 aromatic heterocycles. The molecule has 4 nitrogen and oxygen atoms in total. The zero-order chi connectivity index (χ0) is 7.84. The van der Waals surface area contributed by atoms with E-state index in [1.807, 2.05) is 0 Å². The Kier molecular flexibility index (Phi) is 1.09. The van der Waals surface area contributed by atoms with Gasteiger partial charge < -0.3 is 0 Å². The third-order valence-electron chi connectivity index (χ3n) is 1.60. The quantitative estimate of drug-likeness (QED) is 0.586. The van der Waals surface area contributed by atoms with E-state index in [1.54, 1.807) is 25.4 Å². The Bertz CT molecular complexity index is 440. The molecule has 56 valence electrons. The second kappa shape index (κ2) is 1.95. The van der Waals surface area contributed by atoms with Crippen LogP contribution in [0.1, 0.15) is 5.56 Å². The van der Waals surface area contributed by atoms with E-state index >= 15 is 0 Å². The molecule has 2 rings (SSSR count). The van der Waals surface area contributed by atoms with Crippen molar-refractivity contribution in [2.75, 3.05) is 0 Å². The Morgan fingerprint density at radius 2 is 2.45 bits per heavy atom. The molecule has 0 radical (unpaired) electrons. The van der Waals surface area contributed by atoms with Gasteiger partial charge >= 0.3 is 0 Å². The van der Waals surface area contributed by atoms with Crippen molar-refractivity contribution in [3.8, 4) is 0 Å². The summed E-state index contributed by atoms with van der Waals surface area (Å²) in [6.07, 6.45) is 3.26. The summed E-state index contributed by atoms with van der Waals surface area (Å²) in [5, 5.41) is 2.77. The molecule has 0 saturated heterocycles. The van der Waals surface area contributed by atoms with Crippen molar-refractivity contribution in [2.24, 2.45) is 0 Å². The van der Waals surface area contributed by atoms with Crippen molar-refractivity contribution in [2.45, 2.75) is 6.92 Å². The van der Waals surface area contributed by atoms with E-state index in [0.29, 0.717) is 11.2 Å². The highest BCUT2D eigenvalue weighted by molar-refractivity contribution is 5.35. The van der Waals surface area contributed by atoms with Crippen LogP contribution in [-0.4, -0.2) is 14.6 Å². The molecule has 2 aromatic rings. The van der Waals surface area contributed by atoms with Gasteiger partial charge in [0.05, 0.1) is 0 Å². The lowest BCUT2D eigenvalue weighted by molar-refractivity contribution is 0.885. The summed E-state index contributed by atoms with van der Waals surface area (Å²) < 4.78 is 1.41. The largest absolute Gasteiger partial charge is 0.297 e. The highest BCUT2D eigenvalue weighted by Crippen LogP contribution is 1.93. The molecule has 0 fully saturated rings. The summed E-state index contributed by atoms with van der Waals surface area (Å²) in [6.45, 7) is 1.74. The zero-order valence-corrected chi connectivity index (χ0v) is 6.03. The van der Waals surface area contributed by atoms with Crippen LogP contribution in [0.3, 0.4) is 0 Å². The van der Waals surface area contributed by atoms with E-state index in [9.17, 15) is 4.79 Å². The van der Waals surface area contributed by atoms with E-state index < -0.39 is 0 Å². The van der Waals surface area contributed by atoms with Crippen LogP contribution in [0, 0.1) is 6.92 Å². The Morgan fingerprint density at radius 3 is 3.27 bits per heavy atom. The lowest BCUT2D eigenvalue weighted by atomic mass is 10.4. The molecule has 0 saturated carbocycles. The molecule has 11 heavy (non-hydrogen) atoms. The number of rotatable bonds is 0. The molecule has 0 spiro atoms. The summed E-state index contributed by atoms with van der Waals surface area (Å²) in [7, 11) is 0. The number of H-pyrrole nitrogens is 1. The van der Waals surface area contributed by atoms with Gasteiger partial charge in [0.2, 0.25) is 0 Å². The van der Waals surface area contributed by atoms with Crippen molar-refractivity contribution in [1.29, 1.82) is 0 Å². The molecule has 0 amide bonds. The number of aryl methyl sites for hydroxylation is 1. The van der Waals surface area contributed by atoms with Crippen molar-refractivity contribution < 1.29 is 0 Å². The Balaban J connectivity index is 3.05. The monoisotopic (exact) mass is 149 g/mol. The van der Waals surface area contributed by atoms with Crippen LogP contribution in [0.4, 0.5) is 0 Å². The number of nitrogens with zero attached hydrogens (tertiary/aromatic N) is 2. The minimum atomic E-state index is -0.0417. The van der Waals surface area contributed by atoms with Gasteiger partial charge in [0.1, 0.15) is 0 Å². The predicted molar refractivity (Wildman–Crippen MR) is 40.5 cm³/mol. The summed E-state index contributed by atoms with van der Waals surface area (Å²) >= 11 is 0. The average Bonchev–Trinajstić information content (AvgIpc) is 2.45. The number of hydrogen-bond acceptors (Lipinski definition) is 2. The smallest absolute Gasteiger partial charge is 0.275 e. The van der Waals surface area contributed by atoms with E-state index in [4.69, 9.17) is 0 Å². The molecule has 0 aliphatic rings. The standard InChI is InChI=1S/C7H7N3O/c1-5-4-8-6-2-3-9-10(6)7(5)11/h2-4,9H,1H3. The maximum absolute atomic E-state index is 11.3. The van der Waals surface area contributed by atoms with Crippen LogP contribution in [-0.2, 0) is 0 Å². The van der Waals surface area contributed by atoms with Gasteiger partial charge in [0.25, 0.3) is 5.56 Å². The molecule has 0 bridgehead atoms. The number of nitrogens with one attached hydrogen (secondary N) is 1. The van der Waals surface area contributed by atoms with Gasteiger partial charge in [-0.2, -0.15) is 0 Å². The summed E-state index contributed by atoms with van der Waals surface area (Å²) in [5.41, 5.74) is 1.26. The van der Waals surface area contributed by atoms with Crippen LogP contribution in [0.15, 0.2) is 23.3 Å². The van der Waals surface area contributed by atoms with E-state index in [-0.39, 0.29) is 5.56 Å². The van der Waals surface area contributed by atoms with E-state index in [0.717, 1.165) is 0 Å². The summed E-state index contributed by atoms with van der Waals surface area (Å²) in [5.74, 6) is 0. The maximum atomic E-state index is 11.3. The fourth-order valence-corrected chi connectivity index (χ4v) is 0.985. The van der Waals surface area contributed by atoms with Gasteiger partial charge in [-0.1, -0.05) is 0 Å². The third-order valence-corrected chi connectivity index (χ3v) is 1.60. The van der Waals surface area contributed by atoms with Gasteiger partial charge in [-0.15, -0.1) is 0 Å². The SMILES string of the molecule is Cc1cnc2cc[nH]n2c1=O. The minimum absolute atomic E-state index is 0.0417. The first-order valence-corrected chi connectivity index (χ1v) is 3.31. The second-order valence-electron chi connectivity index (χ2n) is 2.40. The lowest BCUT2D eigenvalue weighted by Crippen LogP contribution is -2.16. The number of aromatic amines is 1. The average molecular weight is 149 g/mol. The first-order chi connectivity index (χ1) is 5.29. The lowest BCUT2D eigenvalue weighted by Gasteiger charge is -1.92. The minimum Gasteiger partial charge on any atom is -0.297 e. The van der Waals surface area contributed by atoms with Gasteiger partial charge in [-0.05, 0) is 6.92 Å². The van der Waals surface area contributed by atoms with Crippen LogP contribution < -0.4 is 5.56 Å². The highest BCUT2D eigenvalue weighted by Gasteiger charge is 1.98.